The van der Waals surface area contributed by atoms with Gasteiger partial charge in [-0.25, -0.2) is 0 Å². The molecular weight excluding hydrogens is 128 g/mol. The molecule has 0 aromatic rings. The van der Waals surface area contributed by atoms with Gasteiger partial charge in [-0.2, -0.15) is 0 Å². The van der Waals surface area contributed by atoms with Crippen molar-refractivity contribution in [2.24, 2.45) is 0 Å². The lowest BCUT2D eigenvalue weighted by Crippen LogP contribution is -1.96. The number of rotatable bonds is 1. The fourth-order valence-corrected chi connectivity index (χ4v) is 0.760. The van der Waals surface area contributed by atoms with Crippen LogP contribution in [0.25, 0.3) is 0 Å². The van der Waals surface area contributed by atoms with Crippen LogP contribution in [0.4, 0.5) is 0 Å². The van der Waals surface area contributed by atoms with Gasteiger partial charge in [-0.15, -0.1) is 0 Å². The summed E-state index contributed by atoms with van der Waals surface area (Å²) in [4.78, 5) is 10.2. The van der Waals surface area contributed by atoms with Gasteiger partial charge in [-0.05, 0) is 19.4 Å². The monoisotopic (exact) mass is 138 g/mol. The van der Waals surface area contributed by atoms with Gasteiger partial charge in [0.2, 0.25) is 0 Å². The third-order valence-corrected chi connectivity index (χ3v) is 1.35. The average molecular weight is 138 g/mol. The van der Waals surface area contributed by atoms with Crippen molar-refractivity contribution in [1.82, 2.24) is 0 Å². The highest BCUT2D eigenvalue weighted by Crippen LogP contribution is 2.07. The van der Waals surface area contributed by atoms with Gasteiger partial charge >= 0.3 is 0 Å². The Morgan fingerprint density at radius 2 is 2.60 bits per heavy atom. The van der Waals surface area contributed by atoms with Crippen molar-refractivity contribution in [2.75, 3.05) is 0 Å². The van der Waals surface area contributed by atoms with Gasteiger partial charge in [0.25, 0.3) is 0 Å². The summed E-state index contributed by atoms with van der Waals surface area (Å²) in [6, 6.07) is 0. The number of ether oxygens (including phenoxy) is 1. The summed E-state index contributed by atoms with van der Waals surface area (Å²) in [5.41, 5.74) is 0.695. The smallest absolute Gasteiger partial charge is 0.149 e. The topological polar surface area (TPSA) is 26.3 Å². The number of hydrogen-bond acceptors (Lipinski definition) is 2. The van der Waals surface area contributed by atoms with Gasteiger partial charge in [0.1, 0.15) is 12.4 Å². The summed E-state index contributed by atoms with van der Waals surface area (Å²) in [6.45, 7) is 1.93. The molecule has 0 aromatic carbocycles. The Morgan fingerprint density at radius 3 is 3.30 bits per heavy atom. The highest BCUT2D eigenvalue weighted by molar-refractivity contribution is 5.73. The third-order valence-electron chi connectivity index (χ3n) is 1.35. The van der Waals surface area contributed by atoms with E-state index in [1.165, 1.54) is 6.26 Å². The van der Waals surface area contributed by atoms with Crippen LogP contribution in [0, 0.1) is 0 Å². The van der Waals surface area contributed by atoms with Crippen molar-refractivity contribution in [3.63, 3.8) is 0 Å². The van der Waals surface area contributed by atoms with Crippen molar-refractivity contribution in [3.05, 3.63) is 24.0 Å². The Bertz CT molecular complexity index is 180. The standard InChI is InChI=1S/C8H10O2/c1-7-3-2-4-8(5-9)6-10-7/h2-3,5-7H,4H2,1H3/t7-/m1/s1. The van der Waals surface area contributed by atoms with E-state index in [9.17, 15) is 4.79 Å². The highest BCUT2D eigenvalue weighted by Gasteiger charge is 2.00. The molecule has 0 amide bonds. The second kappa shape index (κ2) is 3.20. The van der Waals surface area contributed by atoms with Crippen molar-refractivity contribution in [1.29, 1.82) is 0 Å². The molecule has 0 radical (unpaired) electrons. The van der Waals surface area contributed by atoms with Crippen molar-refractivity contribution in [3.8, 4) is 0 Å². The Hall–Kier alpha value is -1.05. The molecule has 0 N–H and O–H groups in total. The maximum Gasteiger partial charge on any atom is 0.149 e. The summed E-state index contributed by atoms with van der Waals surface area (Å²) in [5.74, 6) is 0. The first kappa shape index (κ1) is 7.06. The molecule has 0 fully saturated rings. The first-order valence-corrected chi connectivity index (χ1v) is 3.29. The molecule has 1 rings (SSSR count). The van der Waals surface area contributed by atoms with E-state index in [1.807, 2.05) is 19.1 Å². The minimum absolute atomic E-state index is 0.0949. The van der Waals surface area contributed by atoms with Gasteiger partial charge in [0, 0.05) is 5.57 Å². The molecular formula is C8H10O2. The Kier molecular flexibility index (Phi) is 2.26. The molecule has 54 valence electrons. The molecule has 0 saturated carbocycles. The lowest BCUT2D eigenvalue weighted by atomic mass is 10.2. The van der Waals surface area contributed by atoms with Crippen LogP contribution in [-0.2, 0) is 9.53 Å². The quantitative estimate of drug-likeness (QED) is 0.404. The summed E-state index contributed by atoms with van der Waals surface area (Å²) in [5, 5.41) is 0. The highest BCUT2D eigenvalue weighted by atomic mass is 16.5. The fraction of sp³-hybridized carbons (Fsp3) is 0.375. The molecule has 0 bridgehead atoms. The van der Waals surface area contributed by atoms with Gasteiger partial charge in [-0.1, -0.05) is 6.08 Å². The van der Waals surface area contributed by atoms with Crippen LogP contribution in [-0.4, -0.2) is 12.4 Å². The van der Waals surface area contributed by atoms with E-state index in [2.05, 4.69) is 0 Å². The molecule has 1 atom stereocenters. The zero-order valence-electron chi connectivity index (χ0n) is 5.91. The number of aldehydes is 1. The molecule has 0 spiro atoms. The zero-order chi connectivity index (χ0) is 7.40. The SMILES string of the molecule is C[C@@H]1C=CCC(C=O)=CO1. The predicted molar refractivity (Wildman–Crippen MR) is 38.5 cm³/mol. The molecule has 0 aromatic heterocycles. The average Bonchev–Trinajstić information content (AvgIpc) is 2.14. The maximum absolute atomic E-state index is 10.2. The van der Waals surface area contributed by atoms with Crippen LogP contribution < -0.4 is 0 Å². The lowest BCUT2D eigenvalue weighted by molar-refractivity contribution is -0.105. The van der Waals surface area contributed by atoms with Crippen molar-refractivity contribution in [2.45, 2.75) is 19.4 Å². The number of carbonyl (C=O) groups is 1. The minimum atomic E-state index is 0.0949. The van der Waals surface area contributed by atoms with Crippen molar-refractivity contribution < 1.29 is 9.53 Å². The van der Waals surface area contributed by atoms with E-state index < -0.39 is 0 Å². The molecule has 2 heteroatoms. The fourth-order valence-electron chi connectivity index (χ4n) is 0.760. The second-order valence-electron chi connectivity index (χ2n) is 2.28. The Morgan fingerprint density at radius 1 is 1.80 bits per heavy atom. The van der Waals surface area contributed by atoms with E-state index in [4.69, 9.17) is 4.74 Å². The molecule has 0 saturated heterocycles. The molecule has 0 aliphatic carbocycles. The molecule has 1 aliphatic rings. The zero-order valence-corrected chi connectivity index (χ0v) is 5.91. The van der Waals surface area contributed by atoms with Crippen LogP contribution in [0.1, 0.15) is 13.3 Å². The summed E-state index contributed by atoms with van der Waals surface area (Å²) < 4.78 is 5.13. The van der Waals surface area contributed by atoms with Crippen molar-refractivity contribution >= 4 is 6.29 Å². The molecule has 10 heavy (non-hydrogen) atoms. The predicted octanol–water partition coefficient (Wildman–Crippen LogP) is 1.43. The molecule has 1 heterocycles. The van der Waals surface area contributed by atoms with E-state index in [0.29, 0.717) is 12.0 Å². The van der Waals surface area contributed by atoms with Gasteiger partial charge < -0.3 is 4.74 Å². The summed E-state index contributed by atoms with van der Waals surface area (Å²) in [7, 11) is 0. The molecule has 2 nitrogen and oxygen atoms in total. The lowest BCUT2D eigenvalue weighted by Gasteiger charge is -2.02. The molecule has 1 aliphatic heterocycles. The maximum atomic E-state index is 10.2. The van der Waals surface area contributed by atoms with Crippen LogP contribution in [0.2, 0.25) is 0 Å². The van der Waals surface area contributed by atoms with E-state index in [0.717, 1.165) is 6.29 Å². The van der Waals surface area contributed by atoms with Crippen LogP contribution in [0.3, 0.4) is 0 Å². The van der Waals surface area contributed by atoms with E-state index >= 15 is 0 Å². The van der Waals surface area contributed by atoms with Crippen LogP contribution in [0.5, 0.6) is 0 Å². The van der Waals surface area contributed by atoms with Gasteiger partial charge in [0.15, 0.2) is 0 Å². The van der Waals surface area contributed by atoms with Crippen LogP contribution in [0.15, 0.2) is 24.0 Å². The van der Waals surface area contributed by atoms with E-state index in [-0.39, 0.29) is 6.10 Å². The summed E-state index contributed by atoms with van der Waals surface area (Å²) >= 11 is 0. The number of carbonyl (C=O) groups excluding carboxylic acids is 1. The molecule has 0 unspecified atom stereocenters. The summed E-state index contributed by atoms with van der Waals surface area (Å²) in [6.07, 6.45) is 7.01. The Balaban J connectivity index is 2.63. The first-order valence-electron chi connectivity index (χ1n) is 3.29. The normalized spacial score (nSPS) is 24.5. The van der Waals surface area contributed by atoms with Gasteiger partial charge in [-0.3, -0.25) is 4.79 Å². The minimum Gasteiger partial charge on any atom is -0.494 e. The number of allylic oxidation sites excluding steroid dienone is 2. The van der Waals surface area contributed by atoms with E-state index in [1.54, 1.807) is 0 Å². The second-order valence-corrected chi connectivity index (χ2v) is 2.28. The third kappa shape index (κ3) is 1.72. The van der Waals surface area contributed by atoms with Crippen LogP contribution >= 0.6 is 0 Å². The first-order chi connectivity index (χ1) is 4.83. The number of hydrogen-bond donors (Lipinski definition) is 0. The Labute approximate surface area is 60.2 Å². The van der Waals surface area contributed by atoms with Gasteiger partial charge in [0.05, 0.1) is 6.26 Å². The largest absolute Gasteiger partial charge is 0.494 e.